The number of carbonyl (C=O) groups excluding carboxylic acids is 3. The Labute approximate surface area is 200 Å². The Morgan fingerprint density at radius 3 is 2.53 bits per heavy atom. The number of nitrogens with zero attached hydrogens (tertiary/aromatic N) is 1. The van der Waals surface area contributed by atoms with Crippen LogP contribution in [0.1, 0.15) is 51.3 Å². The summed E-state index contributed by atoms with van der Waals surface area (Å²) in [6.07, 6.45) is 1.55. The fourth-order valence-corrected chi connectivity index (χ4v) is 4.03. The number of urea groups is 2. The van der Waals surface area contributed by atoms with Gasteiger partial charge in [0.15, 0.2) is 0 Å². The maximum Gasteiger partial charge on any atom is 0.338 e. The van der Waals surface area contributed by atoms with Gasteiger partial charge >= 0.3 is 18.0 Å². The highest BCUT2D eigenvalue weighted by molar-refractivity contribution is 6.00. The van der Waals surface area contributed by atoms with Gasteiger partial charge in [-0.05, 0) is 56.0 Å². The Morgan fingerprint density at radius 1 is 1.06 bits per heavy atom. The topological polar surface area (TPSA) is 99.8 Å². The summed E-state index contributed by atoms with van der Waals surface area (Å²) in [6.45, 7) is 8.22. The van der Waals surface area contributed by atoms with Crippen LogP contribution < -0.4 is 16.0 Å². The first-order valence-corrected chi connectivity index (χ1v) is 11.6. The van der Waals surface area contributed by atoms with Crippen LogP contribution in [-0.2, 0) is 16.0 Å². The lowest BCUT2D eigenvalue weighted by Crippen LogP contribution is -2.48. The number of hydrogen-bond donors (Lipinski definition) is 3. The number of anilines is 2. The summed E-state index contributed by atoms with van der Waals surface area (Å²) in [6, 6.07) is 13.4. The monoisotopic (exact) mass is 464 g/mol. The van der Waals surface area contributed by atoms with Crippen molar-refractivity contribution in [3.05, 3.63) is 70.9 Å². The third-order valence-electron chi connectivity index (χ3n) is 5.66. The smallest absolute Gasteiger partial charge is 0.338 e. The Hall–Kier alpha value is -3.81. The minimum atomic E-state index is -0.690. The average Bonchev–Trinajstić information content (AvgIpc) is 2.82. The summed E-state index contributed by atoms with van der Waals surface area (Å²) in [5.74, 6) is -0.474. The predicted octanol–water partition coefficient (Wildman–Crippen LogP) is 5.21. The van der Waals surface area contributed by atoms with Gasteiger partial charge in [0.1, 0.15) is 0 Å². The summed E-state index contributed by atoms with van der Waals surface area (Å²) in [4.78, 5) is 39.8. The van der Waals surface area contributed by atoms with E-state index in [1.54, 1.807) is 36.9 Å². The molecule has 1 aliphatic heterocycles. The molecule has 3 N–H and O–H groups in total. The summed E-state index contributed by atoms with van der Waals surface area (Å²) in [7, 11) is 0. The number of ether oxygens (including phenoxy) is 1. The minimum Gasteiger partial charge on any atom is -0.463 e. The largest absolute Gasteiger partial charge is 0.463 e. The van der Waals surface area contributed by atoms with Crippen molar-refractivity contribution in [1.29, 1.82) is 0 Å². The van der Waals surface area contributed by atoms with E-state index >= 15 is 0 Å². The second kappa shape index (κ2) is 11.4. The van der Waals surface area contributed by atoms with E-state index in [-0.39, 0.29) is 18.7 Å². The molecule has 4 amide bonds. The maximum absolute atomic E-state index is 12.8. The molecule has 1 atom stereocenters. The van der Waals surface area contributed by atoms with Crippen LogP contribution >= 0.6 is 0 Å². The molecule has 3 rings (SSSR count). The molecule has 2 aromatic rings. The molecule has 2 aromatic carbocycles. The van der Waals surface area contributed by atoms with Gasteiger partial charge in [-0.3, -0.25) is 4.90 Å². The zero-order valence-corrected chi connectivity index (χ0v) is 20.1. The van der Waals surface area contributed by atoms with Gasteiger partial charge in [-0.1, -0.05) is 44.2 Å². The maximum atomic E-state index is 12.8. The van der Waals surface area contributed by atoms with E-state index in [9.17, 15) is 14.4 Å². The molecule has 0 saturated heterocycles. The molecular formula is C26H32N4O4. The lowest BCUT2D eigenvalue weighted by atomic mass is 9.94. The van der Waals surface area contributed by atoms with Gasteiger partial charge in [-0.15, -0.1) is 0 Å². The molecule has 34 heavy (non-hydrogen) atoms. The molecule has 8 heteroatoms. The third kappa shape index (κ3) is 5.57. The first kappa shape index (κ1) is 24.8. The first-order valence-electron chi connectivity index (χ1n) is 11.6. The van der Waals surface area contributed by atoms with Gasteiger partial charge in [-0.25, -0.2) is 14.4 Å². The number of nitrogens with one attached hydrogen (secondary N) is 3. The van der Waals surface area contributed by atoms with Crippen LogP contribution in [-0.4, -0.2) is 36.1 Å². The summed E-state index contributed by atoms with van der Waals surface area (Å²) < 4.78 is 5.29. The van der Waals surface area contributed by atoms with Gasteiger partial charge in [0.2, 0.25) is 0 Å². The zero-order chi connectivity index (χ0) is 24.7. The molecule has 0 saturated carbocycles. The Balaban J connectivity index is 1.87. The number of aryl methyl sites for hydroxylation is 1. The lowest BCUT2D eigenvalue weighted by molar-refractivity contribution is -0.139. The van der Waals surface area contributed by atoms with Gasteiger partial charge in [0, 0.05) is 23.6 Å². The molecule has 0 radical (unpaired) electrons. The Morgan fingerprint density at radius 2 is 1.82 bits per heavy atom. The standard InChI is InChI=1S/C26H32N4O4/c1-5-15-30-17(4)22(24(31)34-7-3)23(29-26(30)33)19-12-10-13-20(16-19)27-25(32)28-21-14-9-8-11-18(21)6-2/h8-14,16,23H,5-7,15H2,1-4H3,(H,29,33)(H2,27,28,32). The van der Waals surface area contributed by atoms with Crippen LogP contribution in [0.4, 0.5) is 21.0 Å². The van der Waals surface area contributed by atoms with Gasteiger partial charge in [-0.2, -0.15) is 0 Å². The van der Waals surface area contributed by atoms with E-state index < -0.39 is 12.0 Å². The Bertz CT molecular complexity index is 1100. The van der Waals surface area contributed by atoms with Crippen molar-refractivity contribution in [2.45, 2.75) is 46.6 Å². The normalized spacial score (nSPS) is 15.6. The van der Waals surface area contributed by atoms with Gasteiger partial charge < -0.3 is 20.7 Å². The van der Waals surface area contributed by atoms with Crippen molar-refractivity contribution in [3.8, 4) is 0 Å². The van der Waals surface area contributed by atoms with E-state index in [2.05, 4.69) is 16.0 Å². The molecule has 0 spiro atoms. The number of amides is 4. The van der Waals surface area contributed by atoms with Gasteiger partial charge in [0.25, 0.3) is 0 Å². The number of benzene rings is 2. The molecule has 0 aromatic heterocycles. The SMILES string of the molecule is CCCN1C(=O)NC(c2cccc(NC(=O)Nc3ccccc3CC)c2)C(C(=O)OCC)=C1C. The van der Waals surface area contributed by atoms with Crippen LogP contribution in [0.2, 0.25) is 0 Å². The van der Waals surface area contributed by atoms with E-state index in [0.717, 1.165) is 24.1 Å². The fraction of sp³-hybridized carbons (Fsp3) is 0.346. The van der Waals surface area contributed by atoms with Crippen LogP contribution in [0.3, 0.4) is 0 Å². The highest BCUT2D eigenvalue weighted by Crippen LogP contribution is 2.32. The van der Waals surface area contributed by atoms with Crippen molar-refractivity contribution >= 4 is 29.4 Å². The van der Waals surface area contributed by atoms with E-state index in [1.165, 1.54) is 0 Å². The third-order valence-corrected chi connectivity index (χ3v) is 5.66. The number of hydrogen-bond acceptors (Lipinski definition) is 4. The number of rotatable bonds is 8. The summed E-state index contributed by atoms with van der Waals surface area (Å²) in [5, 5.41) is 8.64. The second-order valence-electron chi connectivity index (χ2n) is 7.97. The van der Waals surface area contributed by atoms with Crippen molar-refractivity contribution in [2.24, 2.45) is 0 Å². The molecule has 0 bridgehead atoms. The van der Waals surface area contributed by atoms with Crippen LogP contribution in [0.25, 0.3) is 0 Å². The minimum absolute atomic E-state index is 0.227. The Kier molecular flexibility index (Phi) is 8.29. The van der Waals surface area contributed by atoms with Crippen molar-refractivity contribution < 1.29 is 19.1 Å². The predicted molar refractivity (Wildman–Crippen MR) is 133 cm³/mol. The van der Waals surface area contributed by atoms with Gasteiger partial charge in [0.05, 0.1) is 18.2 Å². The van der Waals surface area contributed by atoms with E-state index in [0.29, 0.717) is 29.1 Å². The second-order valence-corrected chi connectivity index (χ2v) is 7.97. The molecule has 0 fully saturated rings. The number of carbonyl (C=O) groups is 3. The number of allylic oxidation sites excluding steroid dienone is 1. The van der Waals surface area contributed by atoms with Crippen LogP contribution in [0.15, 0.2) is 59.8 Å². The van der Waals surface area contributed by atoms with Crippen molar-refractivity contribution in [3.63, 3.8) is 0 Å². The van der Waals surface area contributed by atoms with E-state index in [4.69, 9.17) is 4.74 Å². The fourth-order valence-electron chi connectivity index (χ4n) is 4.03. The number of esters is 1. The van der Waals surface area contributed by atoms with Crippen LogP contribution in [0.5, 0.6) is 0 Å². The highest BCUT2D eigenvalue weighted by Gasteiger charge is 2.36. The molecule has 180 valence electrons. The lowest BCUT2D eigenvalue weighted by Gasteiger charge is -2.35. The first-order chi connectivity index (χ1) is 16.4. The molecule has 8 nitrogen and oxygen atoms in total. The van der Waals surface area contributed by atoms with Crippen LogP contribution in [0, 0.1) is 0 Å². The van der Waals surface area contributed by atoms with Crippen molar-refractivity contribution in [2.75, 3.05) is 23.8 Å². The van der Waals surface area contributed by atoms with E-state index in [1.807, 2.05) is 44.2 Å². The quantitative estimate of drug-likeness (QED) is 0.467. The van der Waals surface area contributed by atoms with Crippen molar-refractivity contribution in [1.82, 2.24) is 10.2 Å². The molecule has 1 aliphatic rings. The molecule has 1 heterocycles. The molecule has 0 aliphatic carbocycles. The molecule has 1 unspecified atom stereocenters. The summed E-state index contributed by atoms with van der Waals surface area (Å²) in [5.41, 5.74) is 3.94. The zero-order valence-electron chi connectivity index (χ0n) is 20.1. The number of para-hydroxylation sites is 1. The molecular weight excluding hydrogens is 432 g/mol. The summed E-state index contributed by atoms with van der Waals surface area (Å²) >= 11 is 0. The highest BCUT2D eigenvalue weighted by atomic mass is 16.5. The average molecular weight is 465 g/mol.